The molecule has 2 heterocycles. The van der Waals surface area contributed by atoms with E-state index in [1.165, 1.54) is 24.8 Å². The molecule has 2 unspecified atom stereocenters. The zero-order valence-corrected chi connectivity index (χ0v) is 10.8. The van der Waals surface area contributed by atoms with E-state index in [0.29, 0.717) is 6.04 Å². The molecular weight excluding hydrogens is 218 g/mol. The maximum absolute atomic E-state index is 5.45. The molecule has 0 aromatic carbocycles. The van der Waals surface area contributed by atoms with Crippen molar-refractivity contribution in [2.45, 2.75) is 32.2 Å². The van der Waals surface area contributed by atoms with Gasteiger partial charge in [-0.05, 0) is 54.1 Å². The standard InChI is InChI=1S/C13H21NOS/c1-2-5-14-13(12-4-7-16-10-12)8-11-3-6-15-9-11/h4,7,10-11,13-14H,2-3,5-6,8-9H2,1H3. The van der Waals surface area contributed by atoms with Crippen LogP contribution in [0.1, 0.15) is 37.8 Å². The van der Waals surface area contributed by atoms with Crippen LogP contribution in [0.15, 0.2) is 16.8 Å². The highest BCUT2D eigenvalue weighted by atomic mass is 32.1. The summed E-state index contributed by atoms with van der Waals surface area (Å²) in [6.07, 6.45) is 3.65. The van der Waals surface area contributed by atoms with Crippen LogP contribution < -0.4 is 5.32 Å². The summed E-state index contributed by atoms with van der Waals surface area (Å²) in [7, 11) is 0. The van der Waals surface area contributed by atoms with Crippen LogP contribution in [0.5, 0.6) is 0 Å². The van der Waals surface area contributed by atoms with E-state index < -0.39 is 0 Å². The lowest BCUT2D eigenvalue weighted by atomic mass is 9.95. The summed E-state index contributed by atoms with van der Waals surface area (Å²) in [4.78, 5) is 0. The molecule has 1 saturated heterocycles. The molecule has 1 aliphatic heterocycles. The maximum Gasteiger partial charge on any atom is 0.0495 e. The highest BCUT2D eigenvalue weighted by Gasteiger charge is 2.21. The van der Waals surface area contributed by atoms with Crippen LogP contribution in [0.4, 0.5) is 0 Å². The monoisotopic (exact) mass is 239 g/mol. The molecule has 0 bridgehead atoms. The predicted molar refractivity (Wildman–Crippen MR) is 68.9 cm³/mol. The minimum Gasteiger partial charge on any atom is -0.381 e. The van der Waals surface area contributed by atoms with Crippen LogP contribution in [-0.2, 0) is 4.74 Å². The van der Waals surface area contributed by atoms with E-state index in [1.54, 1.807) is 11.3 Å². The van der Waals surface area contributed by atoms with Gasteiger partial charge >= 0.3 is 0 Å². The average molecular weight is 239 g/mol. The van der Waals surface area contributed by atoms with Crippen molar-refractivity contribution in [1.29, 1.82) is 0 Å². The Morgan fingerprint density at radius 1 is 1.62 bits per heavy atom. The maximum atomic E-state index is 5.45. The van der Waals surface area contributed by atoms with Crippen molar-refractivity contribution >= 4 is 11.3 Å². The summed E-state index contributed by atoms with van der Waals surface area (Å²) < 4.78 is 5.45. The lowest BCUT2D eigenvalue weighted by Gasteiger charge is -2.20. The minimum atomic E-state index is 0.526. The molecule has 0 aliphatic carbocycles. The second-order valence-electron chi connectivity index (χ2n) is 4.53. The molecule has 1 aliphatic rings. The molecule has 2 rings (SSSR count). The van der Waals surface area contributed by atoms with Crippen molar-refractivity contribution in [3.05, 3.63) is 22.4 Å². The first-order valence-corrected chi connectivity index (χ1v) is 7.17. The van der Waals surface area contributed by atoms with Gasteiger partial charge in [0.05, 0.1) is 0 Å². The Morgan fingerprint density at radius 2 is 2.56 bits per heavy atom. The molecule has 1 N–H and O–H groups in total. The molecule has 90 valence electrons. The number of hydrogen-bond donors (Lipinski definition) is 1. The van der Waals surface area contributed by atoms with Gasteiger partial charge in [0, 0.05) is 19.3 Å². The highest BCUT2D eigenvalue weighted by Crippen LogP contribution is 2.27. The second-order valence-corrected chi connectivity index (χ2v) is 5.31. The van der Waals surface area contributed by atoms with E-state index in [0.717, 1.165) is 25.7 Å². The van der Waals surface area contributed by atoms with Crippen LogP contribution in [0, 0.1) is 5.92 Å². The molecule has 16 heavy (non-hydrogen) atoms. The molecule has 0 saturated carbocycles. The Labute approximate surface area is 102 Å². The van der Waals surface area contributed by atoms with Gasteiger partial charge in [0.2, 0.25) is 0 Å². The number of hydrogen-bond acceptors (Lipinski definition) is 3. The fourth-order valence-electron chi connectivity index (χ4n) is 2.23. The number of thiophene rings is 1. The van der Waals surface area contributed by atoms with Gasteiger partial charge in [-0.25, -0.2) is 0 Å². The zero-order valence-electron chi connectivity index (χ0n) is 9.95. The molecule has 0 radical (unpaired) electrons. The normalized spacial score (nSPS) is 22.4. The van der Waals surface area contributed by atoms with Crippen molar-refractivity contribution in [3.63, 3.8) is 0 Å². The van der Waals surface area contributed by atoms with E-state index in [2.05, 4.69) is 29.1 Å². The third kappa shape index (κ3) is 3.30. The Balaban J connectivity index is 1.91. The Hall–Kier alpha value is -0.380. The summed E-state index contributed by atoms with van der Waals surface area (Å²) >= 11 is 1.79. The van der Waals surface area contributed by atoms with E-state index >= 15 is 0 Å². The minimum absolute atomic E-state index is 0.526. The van der Waals surface area contributed by atoms with Gasteiger partial charge in [-0.15, -0.1) is 0 Å². The van der Waals surface area contributed by atoms with E-state index in [1.807, 2.05) is 0 Å². The van der Waals surface area contributed by atoms with Gasteiger partial charge < -0.3 is 10.1 Å². The van der Waals surface area contributed by atoms with Gasteiger partial charge in [0.25, 0.3) is 0 Å². The van der Waals surface area contributed by atoms with Crippen LogP contribution in [-0.4, -0.2) is 19.8 Å². The summed E-state index contributed by atoms with van der Waals surface area (Å²) in [5.74, 6) is 0.745. The third-order valence-electron chi connectivity index (χ3n) is 3.18. The van der Waals surface area contributed by atoms with Gasteiger partial charge in [-0.3, -0.25) is 0 Å². The molecular formula is C13H21NOS. The molecule has 1 aromatic rings. The van der Waals surface area contributed by atoms with Gasteiger partial charge in [0.15, 0.2) is 0 Å². The largest absolute Gasteiger partial charge is 0.381 e. The molecule has 3 heteroatoms. The van der Waals surface area contributed by atoms with E-state index in [-0.39, 0.29) is 0 Å². The summed E-state index contributed by atoms with van der Waals surface area (Å²) in [6, 6.07) is 2.77. The van der Waals surface area contributed by atoms with Crippen molar-refractivity contribution in [3.8, 4) is 0 Å². The summed E-state index contributed by atoms with van der Waals surface area (Å²) in [5, 5.41) is 8.08. The van der Waals surface area contributed by atoms with Crippen LogP contribution in [0.3, 0.4) is 0 Å². The van der Waals surface area contributed by atoms with Crippen LogP contribution in [0.2, 0.25) is 0 Å². The molecule has 1 fully saturated rings. The lowest BCUT2D eigenvalue weighted by molar-refractivity contribution is 0.181. The van der Waals surface area contributed by atoms with Crippen LogP contribution >= 0.6 is 11.3 Å². The summed E-state index contributed by atoms with van der Waals surface area (Å²) in [6.45, 7) is 5.23. The zero-order chi connectivity index (χ0) is 11.2. The highest BCUT2D eigenvalue weighted by molar-refractivity contribution is 7.07. The fourth-order valence-corrected chi connectivity index (χ4v) is 2.95. The SMILES string of the molecule is CCCNC(CC1CCOC1)c1ccsc1. The van der Waals surface area contributed by atoms with Gasteiger partial charge in [0.1, 0.15) is 0 Å². The molecule has 2 atom stereocenters. The topological polar surface area (TPSA) is 21.3 Å². The van der Waals surface area contributed by atoms with Crippen LogP contribution in [0.25, 0.3) is 0 Å². The summed E-state index contributed by atoms with van der Waals surface area (Å²) in [5.41, 5.74) is 1.45. The first-order chi connectivity index (χ1) is 7.90. The smallest absolute Gasteiger partial charge is 0.0495 e. The number of nitrogens with one attached hydrogen (secondary N) is 1. The molecule has 0 amide bonds. The first-order valence-electron chi connectivity index (χ1n) is 6.23. The van der Waals surface area contributed by atoms with Crippen molar-refractivity contribution in [2.24, 2.45) is 5.92 Å². The lowest BCUT2D eigenvalue weighted by Crippen LogP contribution is -2.24. The number of rotatable bonds is 6. The van der Waals surface area contributed by atoms with Gasteiger partial charge in [-0.1, -0.05) is 6.92 Å². The number of ether oxygens (including phenoxy) is 1. The molecule has 0 spiro atoms. The van der Waals surface area contributed by atoms with Gasteiger partial charge in [-0.2, -0.15) is 11.3 Å². The second kappa shape index (κ2) is 6.38. The molecule has 2 nitrogen and oxygen atoms in total. The predicted octanol–water partition coefficient (Wildman–Crippen LogP) is 3.22. The van der Waals surface area contributed by atoms with Crippen molar-refractivity contribution in [1.82, 2.24) is 5.32 Å². The fraction of sp³-hybridized carbons (Fsp3) is 0.692. The Morgan fingerprint density at radius 3 is 3.19 bits per heavy atom. The van der Waals surface area contributed by atoms with E-state index in [4.69, 9.17) is 4.74 Å². The first kappa shape index (κ1) is 12.1. The Bertz CT molecular complexity index is 280. The van der Waals surface area contributed by atoms with E-state index in [9.17, 15) is 0 Å². The Kier molecular flexibility index (Phi) is 4.82. The van der Waals surface area contributed by atoms with Crippen molar-refractivity contribution < 1.29 is 4.74 Å². The molecule has 1 aromatic heterocycles. The third-order valence-corrected chi connectivity index (χ3v) is 3.88. The van der Waals surface area contributed by atoms with Crippen molar-refractivity contribution in [2.75, 3.05) is 19.8 Å². The quantitative estimate of drug-likeness (QED) is 0.823. The average Bonchev–Trinajstić information content (AvgIpc) is 2.96.